The molecule has 1 aliphatic rings. The predicted octanol–water partition coefficient (Wildman–Crippen LogP) is 2.80. The van der Waals surface area contributed by atoms with Crippen molar-refractivity contribution >= 4 is 0 Å². The lowest BCUT2D eigenvalue weighted by Crippen LogP contribution is -2.25. The Labute approximate surface area is 102 Å². The molecule has 1 N–H and O–H groups in total. The van der Waals surface area contributed by atoms with Crippen LogP contribution in [0.3, 0.4) is 0 Å². The summed E-state index contributed by atoms with van der Waals surface area (Å²) in [6.07, 6.45) is 10.2. The summed E-state index contributed by atoms with van der Waals surface area (Å²) in [4.78, 5) is 4.14. The molecule has 17 heavy (non-hydrogen) atoms. The second-order valence-electron chi connectivity index (χ2n) is 4.79. The highest BCUT2D eigenvalue weighted by Gasteiger charge is 2.28. The molecule has 3 heteroatoms. The molecule has 0 amide bonds. The average Bonchev–Trinajstić information content (AvgIpc) is 2.29. The lowest BCUT2D eigenvalue weighted by atomic mass is 9.85. The molecule has 1 aliphatic carbocycles. The van der Waals surface area contributed by atoms with E-state index in [-0.39, 0.29) is 6.10 Å². The minimum absolute atomic E-state index is 0.114. The molecule has 1 aromatic rings. The number of rotatable bonds is 3. The van der Waals surface area contributed by atoms with Crippen molar-refractivity contribution in [2.75, 3.05) is 0 Å². The summed E-state index contributed by atoms with van der Waals surface area (Å²) in [6, 6.07) is 1.88. The Hall–Kier alpha value is -1.35. The van der Waals surface area contributed by atoms with E-state index in [4.69, 9.17) is 4.74 Å². The summed E-state index contributed by atoms with van der Waals surface area (Å²) in [6.45, 7) is 3.95. The Balaban J connectivity index is 2.26. The van der Waals surface area contributed by atoms with Gasteiger partial charge in [-0.2, -0.15) is 0 Å². The minimum atomic E-state index is -0.873. The third-order valence-electron chi connectivity index (χ3n) is 2.91. The van der Waals surface area contributed by atoms with Gasteiger partial charge in [0.1, 0.15) is 11.4 Å². The van der Waals surface area contributed by atoms with E-state index in [9.17, 15) is 5.11 Å². The van der Waals surface area contributed by atoms with Gasteiger partial charge in [-0.15, -0.1) is 0 Å². The lowest BCUT2D eigenvalue weighted by molar-refractivity contribution is 0.0717. The Bertz CT molecular complexity index is 414. The molecule has 0 radical (unpaired) electrons. The van der Waals surface area contributed by atoms with Gasteiger partial charge in [-0.05, 0) is 39.2 Å². The molecule has 0 bridgehead atoms. The monoisotopic (exact) mass is 233 g/mol. The number of allylic oxidation sites excluding steroid dienone is 1. The Morgan fingerprint density at radius 3 is 2.88 bits per heavy atom. The number of aliphatic hydroxyl groups is 1. The van der Waals surface area contributed by atoms with Crippen LogP contribution in [-0.4, -0.2) is 16.2 Å². The number of aromatic nitrogens is 1. The Kier molecular flexibility index (Phi) is 3.48. The van der Waals surface area contributed by atoms with Gasteiger partial charge >= 0.3 is 0 Å². The van der Waals surface area contributed by atoms with Crippen LogP contribution in [0.2, 0.25) is 0 Å². The normalized spacial score (nSPS) is 24.0. The van der Waals surface area contributed by atoms with Crippen LogP contribution in [0.1, 0.15) is 38.7 Å². The molecule has 2 rings (SSSR count). The van der Waals surface area contributed by atoms with Crippen LogP contribution in [0, 0.1) is 0 Å². The van der Waals surface area contributed by atoms with E-state index in [0.29, 0.717) is 5.75 Å². The van der Waals surface area contributed by atoms with Crippen LogP contribution in [0.15, 0.2) is 30.6 Å². The van der Waals surface area contributed by atoms with E-state index in [0.717, 1.165) is 24.8 Å². The van der Waals surface area contributed by atoms with E-state index >= 15 is 0 Å². The zero-order valence-corrected chi connectivity index (χ0v) is 10.4. The molecule has 1 unspecified atom stereocenters. The van der Waals surface area contributed by atoms with Crippen molar-refractivity contribution in [3.8, 4) is 5.75 Å². The number of hydrogen-bond acceptors (Lipinski definition) is 3. The molecule has 0 saturated carbocycles. The van der Waals surface area contributed by atoms with Gasteiger partial charge in [-0.3, -0.25) is 4.98 Å². The molecule has 0 spiro atoms. The summed E-state index contributed by atoms with van der Waals surface area (Å²) in [5, 5.41) is 10.5. The summed E-state index contributed by atoms with van der Waals surface area (Å²) in [5.74, 6) is 0.713. The van der Waals surface area contributed by atoms with Crippen LogP contribution < -0.4 is 4.74 Å². The van der Waals surface area contributed by atoms with E-state index < -0.39 is 5.60 Å². The van der Waals surface area contributed by atoms with Crippen molar-refractivity contribution in [3.63, 3.8) is 0 Å². The highest BCUT2D eigenvalue weighted by atomic mass is 16.5. The fraction of sp³-hybridized carbons (Fsp3) is 0.500. The summed E-state index contributed by atoms with van der Waals surface area (Å²) < 4.78 is 5.59. The van der Waals surface area contributed by atoms with E-state index in [2.05, 4.69) is 4.98 Å². The molecule has 0 saturated heterocycles. The zero-order valence-electron chi connectivity index (χ0n) is 10.4. The van der Waals surface area contributed by atoms with E-state index in [1.54, 1.807) is 12.4 Å². The number of hydrogen-bond donors (Lipinski definition) is 1. The van der Waals surface area contributed by atoms with Gasteiger partial charge in [-0.1, -0.05) is 12.2 Å². The van der Waals surface area contributed by atoms with Crippen molar-refractivity contribution in [2.24, 2.45) is 0 Å². The molecule has 0 aromatic carbocycles. The van der Waals surface area contributed by atoms with Gasteiger partial charge in [0.15, 0.2) is 0 Å². The summed E-state index contributed by atoms with van der Waals surface area (Å²) >= 11 is 0. The van der Waals surface area contributed by atoms with Crippen molar-refractivity contribution in [3.05, 3.63) is 36.2 Å². The molecule has 1 heterocycles. The van der Waals surface area contributed by atoms with Gasteiger partial charge in [0.25, 0.3) is 0 Å². The highest BCUT2D eigenvalue weighted by molar-refractivity contribution is 5.32. The van der Waals surface area contributed by atoms with Crippen molar-refractivity contribution in [1.29, 1.82) is 0 Å². The van der Waals surface area contributed by atoms with Crippen LogP contribution in [-0.2, 0) is 5.60 Å². The third-order valence-corrected chi connectivity index (χ3v) is 2.91. The molecule has 0 aliphatic heterocycles. The summed E-state index contributed by atoms with van der Waals surface area (Å²) in [7, 11) is 0. The van der Waals surface area contributed by atoms with Crippen LogP contribution in [0.25, 0.3) is 0 Å². The van der Waals surface area contributed by atoms with Crippen LogP contribution in [0.4, 0.5) is 0 Å². The smallest absolute Gasteiger partial charge is 0.138 e. The lowest BCUT2D eigenvalue weighted by Gasteiger charge is -2.28. The van der Waals surface area contributed by atoms with Crippen molar-refractivity contribution < 1.29 is 9.84 Å². The molecule has 1 aromatic heterocycles. The molecule has 92 valence electrons. The highest BCUT2D eigenvalue weighted by Crippen LogP contribution is 2.33. The molecule has 0 fully saturated rings. The number of pyridine rings is 1. The Morgan fingerprint density at radius 1 is 1.41 bits per heavy atom. The second-order valence-corrected chi connectivity index (χ2v) is 4.79. The van der Waals surface area contributed by atoms with Crippen LogP contribution >= 0.6 is 0 Å². The standard InChI is InChI=1S/C14H19NO2/c1-11(2)17-13-8-12(9-15-10-13)14(16)6-4-3-5-7-14/h4,6,8-11,16H,3,5,7H2,1-2H3. The number of ether oxygens (including phenoxy) is 1. The van der Waals surface area contributed by atoms with E-state index in [1.807, 2.05) is 32.1 Å². The fourth-order valence-electron chi connectivity index (χ4n) is 2.08. The van der Waals surface area contributed by atoms with Gasteiger partial charge < -0.3 is 9.84 Å². The van der Waals surface area contributed by atoms with Gasteiger partial charge in [0.05, 0.1) is 12.3 Å². The molecule has 1 atom stereocenters. The minimum Gasteiger partial charge on any atom is -0.489 e. The molecule has 3 nitrogen and oxygen atoms in total. The Morgan fingerprint density at radius 2 is 2.24 bits per heavy atom. The average molecular weight is 233 g/mol. The van der Waals surface area contributed by atoms with Gasteiger partial charge in [0.2, 0.25) is 0 Å². The fourth-order valence-corrected chi connectivity index (χ4v) is 2.08. The van der Waals surface area contributed by atoms with Crippen LogP contribution in [0.5, 0.6) is 5.75 Å². The predicted molar refractivity (Wildman–Crippen MR) is 66.9 cm³/mol. The van der Waals surface area contributed by atoms with Crippen molar-refractivity contribution in [2.45, 2.75) is 44.8 Å². The zero-order chi connectivity index (χ0) is 12.3. The maximum Gasteiger partial charge on any atom is 0.138 e. The SMILES string of the molecule is CC(C)Oc1cncc(C2(O)C=CCCC2)c1. The number of nitrogens with zero attached hydrogens (tertiary/aromatic N) is 1. The quantitative estimate of drug-likeness (QED) is 0.816. The van der Waals surface area contributed by atoms with Gasteiger partial charge in [0, 0.05) is 11.8 Å². The maximum absolute atomic E-state index is 10.5. The molecular weight excluding hydrogens is 214 g/mol. The third kappa shape index (κ3) is 2.86. The first-order valence-electron chi connectivity index (χ1n) is 6.12. The maximum atomic E-state index is 10.5. The first-order chi connectivity index (χ1) is 8.10. The first kappa shape index (κ1) is 12.1. The first-order valence-corrected chi connectivity index (χ1v) is 6.12. The summed E-state index contributed by atoms with van der Waals surface area (Å²) in [5.41, 5.74) is -0.0617. The molecular formula is C14H19NO2. The largest absolute Gasteiger partial charge is 0.489 e. The van der Waals surface area contributed by atoms with Crippen molar-refractivity contribution in [1.82, 2.24) is 4.98 Å². The van der Waals surface area contributed by atoms with E-state index in [1.165, 1.54) is 0 Å². The topological polar surface area (TPSA) is 42.4 Å². The second kappa shape index (κ2) is 4.88. The van der Waals surface area contributed by atoms with Gasteiger partial charge in [-0.25, -0.2) is 0 Å².